The van der Waals surface area contributed by atoms with E-state index < -0.39 is 13.1 Å². The predicted molar refractivity (Wildman–Crippen MR) is 99.0 cm³/mol. The monoisotopic (exact) mass is 364 g/mol. The van der Waals surface area contributed by atoms with E-state index in [1.165, 1.54) is 12.8 Å². The van der Waals surface area contributed by atoms with Crippen LogP contribution in [0.1, 0.15) is 80.1 Å². The lowest BCUT2D eigenvalue weighted by molar-refractivity contribution is 0.0682. The topological polar surface area (TPSA) is 52.6 Å². The molecule has 0 bridgehead atoms. The van der Waals surface area contributed by atoms with Crippen LogP contribution in [0.25, 0.3) is 0 Å². The fourth-order valence-corrected chi connectivity index (χ4v) is 5.62. The summed E-state index contributed by atoms with van der Waals surface area (Å²) in [6.07, 6.45) is 9.80. The highest BCUT2D eigenvalue weighted by Gasteiger charge is 2.41. The molecule has 5 heteroatoms. The van der Waals surface area contributed by atoms with Crippen molar-refractivity contribution in [2.45, 2.75) is 83.3 Å². The first-order chi connectivity index (χ1) is 12.1. The van der Waals surface area contributed by atoms with Crippen molar-refractivity contribution < 1.29 is 18.4 Å². The maximum atomic E-state index is 13.5. The van der Waals surface area contributed by atoms with Crippen molar-refractivity contribution in [3.8, 4) is 0 Å². The lowest BCUT2D eigenvalue weighted by Gasteiger charge is -2.30. The second-order valence-electron chi connectivity index (χ2n) is 7.40. The zero-order chi connectivity index (χ0) is 17.7. The number of rotatable bonds is 6. The van der Waals surface area contributed by atoms with Gasteiger partial charge in [0, 0.05) is 5.56 Å². The Hall–Kier alpha value is -0.960. The first kappa shape index (κ1) is 18.8. The Kier molecular flexibility index (Phi) is 6.49. The minimum Gasteiger partial charge on any atom is -0.300 e. The molecule has 25 heavy (non-hydrogen) atoms. The Labute approximate surface area is 150 Å². The molecule has 2 aliphatic rings. The molecule has 0 atom stereocenters. The summed E-state index contributed by atoms with van der Waals surface area (Å²) >= 11 is 0. The predicted octanol–water partition coefficient (Wildman–Crippen LogP) is 6.03. The molecule has 1 aromatic carbocycles. The minimum atomic E-state index is -3.82. The number of benzene rings is 1. The summed E-state index contributed by atoms with van der Waals surface area (Å²) in [6, 6.07) is 7.16. The smallest absolute Gasteiger partial charge is 0.300 e. The number of aryl methyl sites for hydroxylation is 1. The van der Waals surface area contributed by atoms with Crippen LogP contribution in [-0.2, 0) is 13.6 Å². The zero-order valence-electron chi connectivity index (χ0n) is 15.1. The molecule has 0 spiro atoms. The zero-order valence-corrected chi connectivity index (χ0v) is 16.0. The molecule has 0 aliphatic heterocycles. The van der Waals surface area contributed by atoms with E-state index in [1.54, 1.807) is 12.1 Å². The first-order valence-electron chi connectivity index (χ1n) is 9.65. The van der Waals surface area contributed by atoms with Gasteiger partial charge in [-0.1, -0.05) is 68.4 Å². The van der Waals surface area contributed by atoms with Gasteiger partial charge in [0.05, 0.1) is 12.2 Å². The van der Waals surface area contributed by atoms with E-state index in [9.17, 15) is 9.36 Å². The second kappa shape index (κ2) is 8.62. The number of hydrogen-bond acceptors (Lipinski definition) is 4. The van der Waals surface area contributed by atoms with Gasteiger partial charge in [-0.15, -0.1) is 0 Å². The fraction of sp³-hybridized carbons (Fsp3) is 0.650. The molecule has 0 radical (unpaired) electrons. The maximum absolute atomic E-state index is 13.5. The quantitative estimate of drug-likeness (QED) is 0.579. The molecule has 0 N–H and O–H groups in total. The summed E-state index contributed by atoms with van der Waals surface area (Å²) in [7, 11) is -3.82. The van der Waals surface area contributed by atoms with Crippen LogP contribution in [0, 0.1) is 6.92 Å². The standard InChI is InChI=1S/C20H29O4P/c1-16-12-14-17(15-13-16)20(21)25(22,23-18-8-4-2-5-9-18)24-19-10-6-3-7-11-19/h12-15,18-19H,2-11H2,1H3. The van der Waals surface area contributed by atoms with Gasteiger partial charge in [0.15, 0.2) is 0 Å². The Morgan fingerprint density at radius 2 is 1.28 bits per heavy atom. The van der Waals surface area contributed by atoms with Crippen LogP contribution in [0.4, 0.5) is 0 Å². The third-order valence-electron chi connectivity index (χ3n) is 5.23. The highest BCUT2D eigenvalue weighted by Crippen LogP contribution is 2.55. The second-order valence-corrected chi connectivity index (χ2v) is 9.22. The van der Waals surface area contributed by atoms with Gasteiger partial charge in [0.2, 0.25) is 0 Å². The lowest BCUT2D eigenvalue weighted by atomic mass is 9.98. The molecular weight excluding hydrogens is 335 g/mol. The van der Waals surface area contributed by atoms with E-state index in [2.05, 4.69) is 0 Å². The van der Waals surface area contributed by atoms with Gasteiger partial charge in [-0.25, -0.2) is 0 Å². The lowest BCUT2D eigenvalue weighted by Crippen LogP contribution is -2.23. The van der Waals surface area contributed by atoms with Gasteiger partial charge >= 0.3 is 7.60 Å². The van der Waals surface area contributed by atoms with Crippen LogP contribution in [0.15, 0.2) is 24.3 Å². The van der Waals surface area contributed by atoms with E-state index in [4.69, 9.17) is 9.05 Å². The van der Waals surface area contributed by atoms with Gasteiger partial charge in [0.25, 0.3) is 5.52 Å². The molecule has 0 unspecified atom stereocenters. The minimum absolute atomic E-state index is 0.127. The first-order valence-corrected chi connectivity index (χ1v) is 11.2. The fourth-order valence-electron chi connectivity index (χ4n) is 3.71. The molecule has 0 aromatic heterocycles. The maximum Gasteiger partial charge on any atom is 0.402 e. The van der Waals surface area contributed by atoms with E-state index >= 15 is 0 Å². The Morgan fingerprint density at radius 1 is 0.840 bits per heavy atom. The average molecular weight is 364 g/mol. The van der Waals surface area contributed by atoms with Crippen molar-refractivity contribution in [1.82, 2.24) is 0 Å². The third-order valence-corrected chi connectivity index (χ3v) is 7.13. The van der Waals surface area contributed by atoms with E-state index in [1.807, 2.05) is 19.1 Å². The highest BCUT2D eigenvalue weighted by atomic mass is 31.2. The molecule has 2 fully saturated rings. The number of hydrogen-bond donors (Lipinski definition) is 0. The third kappa shape index (κ3) is 5.03. The molecule has 0 amide bonds. The molecule has 2 saturated carbocycles. The molecule has 0 heterocycles. The van der Waals surface area contributed by atoms with E-state index in [0.717, 1.165) is 56.9 Å². The normalized spacial score (nSPS) is 20.5. The van der Waals surface area contributed by atoms with Gasteiger partial charge in [-0.2, -0.15) is 0 Å². The van der Waals surface area contributed by atoms with E-state index in [-0.39, 0.29) is 12.2 Å². The van der Waals surface area contributed by atoms with Crippen molar-refractivity contribution in [3.05, 3.63) is 35.4 Å². The molecule has 0 saturated heterocycles. The number of carbonyl (C=O) groups excluding carboxylic acids is 1. The average Bonchev–Trinajstić information content (AvgIpc) is 2.63. The molecule has 138 valence electrons. The number of carbonyl (C=O) groups is 1. The summed E-state index contributed by atoms with van der Waals surface area (Å²) < 4.78 is 25.4. The van der Waals surface area contributed by atoms with Crippen LogP contribution in [0.2, 0.25) is 0 Å². The summed E-state index contributed by atoms with van der Waals surface area (Å²) in [5.41, 5.74) is 0.997. The van der Waals surface area contributed by atoms with Gasteiger partial charge in [0.1, 0.15) is 0 Å². The summed E-state index contributed by atoms with van der Waals surface area (Å²) in [6.45, 7) is 1.96. The molecule has 1 aromatic rings. The Morgan fingerprint density at radius 3 is 1.72 bits per heavy atom. The SMILES string of the molecule is Cc1ccc(C(=O)P(=O)(OC2CCCCC2)OC2CCCCC2)cc1. The summed E-state index contributed by atoms with van der Waals surface area (Å²) in [5, 5.41) is 0. The van der Waals surface area contributed by atoms with Gasteiger partial charge < -0.3 is 0 Å². The largest absolute Gasteiger partial charge is 0.402 e. The molecular formula is C20H29O4P. The van der Waals surface area contributed by atoms with Gasteiger partial charge in [-0.3, -0.25) is 18.4 Å². The van der Waals surface area contributed by atoms with Crippen LogP contribution >= 0.6 is 7.60 Å². The van der Waals surface area contributed by atoms with Crippen molar-refractivity contribution >= 4 is 13.1 Å². The summed E-state index contributed by atoms with van der Waals surface area (Å²) in [5.74, 6) is 0. The Bertz CT molecular complexity index is 589. The van der Waals surface area contributed by atoms with Crippen LogP contribution in [0.5, 0.6) is 0 Å². The van der Waals surface area contributed by atoms with E-state index in [0.29, 0.717) is 5.56 Å². The van der Waals surface area contributed by atoms with Crippen molar-refractivity contribution in [3.63, 3.8) is 0 Å². The summed E-state index contributed by atoms with van der Waals surface area (Å²) in [4.78, 5) is 13.0. The van der Waals surface area contributed by atoms with Crippen LogP contribution < -0.4 is 0 Å². The van der Waals surface area contributed by atoms with Crippen molar-refractivity contribution in [2.75, 3.05) is 0 Å². The van der Waals surface area contributed by atoms with Gasteiger partial charge in [-0.05, 0) is 32.6 Å². The van der Waals surface area contributed by atoms with Crippen molar-refractivity contribution in [1.29, 1.82) is 0 Å². The molecule has 2 aliphatic carbocycles. The van der Waals surface area contributed by atoms with Crippen molar-refractivity contribution in [2.24, 2.45) is 0 Å². The Balaban J connectivity index is 1.79. The van der Waals surface area contributed by atoms with Crippen LogP contribution in [-0.4, -0.2) is 17.7 Å². The molecule has 3 rings (SSSR count). The highest BCUT2D eigenvalue weighted by molar-refractivity contribution is 7.72. The van der Waals surface area contributed by atoms with Crippen LogP contribution in [0.3, 0.4) is 0 Å². The molecule has 4 nitrogen and oxygen atoms in total.